The quantitative estimate of drug-likeness (QED) is 0.758. The molecule has 2 heteroatoms. The molecule has 0 saturated carbocycles. The van der Waals surface area contributed by atoms with Crippen LogP contribution in [0.2, 0.25) is 0 Å². The minimum atomic E-state index is -0.703. The molecular formula is C21H29NO. The van der Waals surface area contributed by atoms with Crippen LogP contribution in [0.25, 0.3) is 0 Å². The van der Waals surface area contributed by atoms with Crippen molar-refractivity contribution in [3.05, 3.63) is 71.8 Å². The first-order valence-corrected chi connectivity index (χ1v) is 8.68. The van der Waals surface area contributed by atoms with E-state index in [9.17, 15) is 5.11 Å². The predicted octanol–water partition coefficient (Wildman–Crippen LogP) is 3.93. The molecule has 124 valence electrons. The first-order valence-electron chi connectivity index (χ1n) is 8.68. The highest BCUT2D eigenvalue weighted by Crippen LogP contribution is 2.23. The Morgan fingerprint density at radius 1 is 0.783 bits per heavy atom. The standard InChI is InChI=1S/C21H29NO/c1-3-22(4-2)16-15-21(23,17-19-11-7-5-8-12-19)18-20-13-9-6-10-14-20/h5-14,23H,3-4,15-18H2,1-2H3. The van der Waals surface area contributed by atoms with E-state index in [0.29, 0.717) is 12.8 Å². The van der Waals surface area contributed by atoms with Crippen molar-refractivity contribution >= 4 is 0 Å². The Morgan fingerprint density at radius 3 is 1.61 bits per heavy atom. The Bertz CT molecular complexity index is 507. The van der Waals surface area contributed by atoms with E-state index < -0.39 is 5.60 Å². The largest absolute Gasteiger partial charge is 0.389 e. The molecule has 0 aliphatic heterocycles. The van der Waals surface area contributed by atoms with E-state index in [1.54, 1.807) is 0 Å². The summed E-state index contributed by atoms with van der Waals surface area (Å²) in [5.74, 6) is 0. The molecule has 2 rings (SSSR count). The van der Waals surface area contributed by atoms with Crippen molar-refractivity contribution < 1.29 is 5.11 Å². The second kappa shape index (κ2) is 8.85. The number of nitrogens with zero attached hydrogens (tertiary/aromatic N) is 1. The molecule has 1 N–H and O–H groups in total. The lowest BCUT2D eigenvalue weighted by Crippen LogP contribution is -2.39. The van der Waals surface area contributed by atoms with Gasteiger partial charge in [-0.1, -0.05) is 74.5 Å². The van der Waals surface area contributed by atoms with Gasteiger partial charge in [0, 0.05) is 19.4 Å². The summed E-state index contributed by atoms with van der Waals surface area (Å²) in [7, 11) is 0. The molecule has 0 amide bonds. The molecule has 0 heterocycles. The summed E-state index contributed by atoms with van der Waals surface area (Å²) in [5.41, 5.74) is 1.70. The van der Waals surface area contributed by atoms with Crippen LogP contribution in [0.3, 0.4) is 0 Å². The molecule has 0 saturated heterocycles. The second-order valence-electron chi connectivity index (χ2n) is 6.33. The van der Waals surface area contributed by atoms with Crippen LogP contribution in [0.5, 0.6) is 0 Å². The van der Waals surface area contributed by atoms with Crippen LogP contribution < -0.4 is 0 Å². The van der Waals surface area contributed by atoms with Gasteiger partial charge in [0.05, 0.1) is 5.60 Å². The van der Waals surface area contributed by atoms with Crippen molar-refractivity contribution in [2.24, 2.45) is 0 Å². The van der Waals surface area contributed by atoms with Gasteiger partial charge in [-0.05, 0) is 30.6 Å². The van der Waals surface area contributed by atoms with Gasteiger partial charge in [-0.3, -0.25) is 0 Å². The minimum Gasteiger partial charge on any atom is -0.389 e. The van der Waals surface area contributed by atoms with Crippen molar-refractivity contribution in [1.82, 2.24) is 4.90 Å². The third-order valence-corrected chi connectivity index (χ3v) is 4.54. The fraction of sp³-hybridized carbons (Fsp3) is 0.429. The van der Waals surface area contributed by atoms with E-state index >= 15 is 0 Å². The van der Waals surface area contributed by atoms with E-state index in [1.165, 1.54) is 11.1 Å². The van der Waals surface area contributed by atoms with Gasteiger partial charge in [0.15, 0.2) is 0 Å². The number of hydrogen-bond acceptors (Lipinski definition) is 2. The summed E-state index contributed by atoms with van der Waals surface area (Å²) < 4.78 is 0. The lowest BCUT2D eigenvalue weighted by Gasteiger charge is -2.31. The minimum absolute atomic E-state index is 0.698. The molecule has 0 radical (unpaired) electrons. The van der Waals surface area contributed by atoms with Crippen molar-refractivity contribution in [3.63, 3.8) is 0 Å². The van der Waals surface area contributed by atoms with Crippen molar-refractivity contribution in [2.75, 3.05) is 19.6 Å². The SMILES string of the molecule is CCN(CC)CCC(O)(Cc1ccccc1)Cc1ccccc1. The molecule has 0 bridgehead atoms. The molecule has 0 unspecified atom stereocenters. The van der Waals surface area contributed by atoms with Gasteiger partial charge in [-0.2, -0.15) is 0 Å². The number of aliphatic hydroxyl groups is 1. The van der Waals surface area contributed by atoms with Crippen LogP contribution in [-0.4, -0.2) is 35.2 Å². The van der Waals surface area contributed by atoms with Crippen LogP contribution >= 0.6 is 0 Å². The van der Waals surface area contributed by atoms with Gasteiger partial charge >= 0.3 is 0 Å². The molecule has 2 aromatic carbocycles. The summed E-state index contributed by atoms with van der Waals surface area (Å²) in [6, 6.07) is 20.6. The summed E-state index contributed by atoms with van der Waals surface area (Å²) in [5, 5.41) is 11.3. The van der Waals surface area contributed by atoms with Gasteiger partial charge in [0.25, 0.3) is 0 Å². The van der Waals surface area contributed by atoms with Crippen LogP contribution in [0.4, 0.5) is 0 Å². The third kappa shape index (κ3) is 5.81. The lowest BCUT2D eigenvalue weighted by atomic mass is 9.85. The number of hydrogen-bond donors (Lipinski definition) is 1. The monoisotopic (exact) mass is 311 g/mol. The molecule has 0 spiro atoms. The summed E-state index contributed by atoms with van der Waals surface area (Å²) in [4.78, 5) is 2.38. The zero-order valence-electron chi connectivity index (χ0n) is 14.4. The number of benzene rings is 2. The maximum atomic E-state index is 11.3. The van der Waals surface area contributed by atoms with Crippen LogP contribution in [-0.2, 0) is 12.8 Å². The highest BCUT2D eigenvalue weighted by molar-refractivity contribution is 5.21. The van der Waals surface area contributed by atoms with Crippen LogP contribution in [0.15, 0.2) is 60.7 Å². The normalized spacial score (nSPS) is 11.8. The van der Waals surface area contributed by atoms with Gasteiger partial charge in [-0.25, -0.2) is 0 Å². The summed E-state index contributed by atoms with van der Waals surface area (Å²) >= 11 is 0. The van der Waals surface area contributed by atoms with Gasteiger partial charge in [0.2, 0.25) is 0 Å². The Hall–Kier alpha value is -1.64. The highest BCUT2D eigenvalue weighted by Gasteiger charge is 2.28. The Labute approximate surface area is 140 Å². The molecule has 0 aliphatic rings. The molecule has 2 aromatic rings. The van der Waals surface area contributed by atoms with E-state index in [2.05, 4.69) is 43.0 Å². The maximum absolute atomic E-state index is 11.3. The van der Waals surface area contributed by atoms with E-state index in [0.717, 1.165) is 26.1 Å². The number of rotatable bonds is 9. The second-order valence-corrected chi connectivity index (χ2v) is 6.33. The Balaban J connectivity index is 2.12. The van der Waals surface area contributed by atoms with Crippen molar-refractivity contribution in [1.29, 1.82) is 0 Å². The highest BCUT2D eigenvalue weighted by atomic mass is 16.3. The Morgan fingerprint density at radius 2 is 1.22 bits per heavy atom. The zero-order valence-corrected chi connectivity index (χ0v) is 14.4. The molecule has 0 atom stereocenters. The van der Waals surface area contributed by atoms with E-state index in [4.69, 9.17) is 0 Å². The lowest BCUT2D eigenvalue weighted by molar-refractivity contribution is 0.0226. The molecule has 0 aromatic heterocycles. The zero-order chi connectivity index (χ0) is 16.5. The van der Waals surface area contributed by atoms with E-state index in [-0.39, 0.29) is 0 Å². The predicted molar refractivity (Wildman–Crippen MR) is 97.6 cm³/mol. The fourth-order valence-corrected chi connectivity index (χ4v) is 3.10. The molecule has 0 aliphatic carbocycles. The average Bonchev–Trinajstić information content (AvgIpc) is 2.57. The van der Waals surface area contributed by atoms with Gasteiger partial charge in [0.1, 0.15) is 0 Å². The van der Waals surface area contributed by atoms with Gasteiger partial charge < -0.3 is 10.0 Å². The van der Waals surface area contributed by atoms with Crippen LogP contribution in [0.1, 0.15) is 31.4 Å². The summed E-state index contributed by atoms with van der Waals surface area (Å²) in [6.07, 6.45) is 2.19. The fourth-order valence-electron chi connectivity index (χ4n) is 3.10. The molecule has 0 fully saturated rings. The van der Waals surface area contributed by atoms with Crippen molar-refractivity contribution in [2.45, 2.75) is 38.7 Å². The van der Waals surface area contributed by atoms with Crippen molar-refractivity contribution in [3.8, 4) is 0 Å². The first-order chi connectivity index (χ1) is 11.1. The third-order valence-electron chi connectivity index (χ3n) is 4.54. The Kier molecular flexibility index (Phi) is 6.82. The topological polar surface area (TPSA) is 23.5 Å². The van der Waals surface area contributed by atoms with Crippen LogP contribution in [0, 0.1) is 0 Å². The first kappa shape index (κ1) is 17.7. The maximum Gasteiger partial charge on any atom is 0.0740 e. The summed E-state index contributed by atoms with van der Waals surface area (Å²) in [6.45, 7) is 7.35. The van der Waals surface area contributed by atoms with Gasteiger partial charge in [-0.15, -0.1) is 0 Å². The molecular weight excluding hydrogens is 282 g/mol. The molecule has 2 nitrogen and oxygen atoms in total. The average molecular weight is 311 g/mol. The molecule has 23 heavy (non-hydrogen) atoms. The smallest absolute Gasteiger partial charge is 0.0740 e. The van der Waals surface area contributed by atoms with E-state index in [1.807, 2.05) is 36.4 Å².